The molecule has 1 N–H and O–H groups in total. The van der Waals surface area contributed by atoms with Crippen molar-refractivity contribution in [3.05, 3.63) is 41.6 Å². The molecule has 2 saturated heterocycles. The third kappa shape index (κ3) is 3.90. The van der Waals surface area contributed by atoms with Crippen LogP contribution in [-0.2, 0) is 9.59 Å². The Kier molecular flexibility index (Phi) is 5.92. The predicted octanol–water partition coefficient (Wildman–Crippen LogP) is 3.11. The SMILES string of the molecule is CC(=O)N1C=Cc2ccccc2C1CC(=O)N(C)C1CC2CCC(C1)N2.Cl. The van der Waals surface area contributed by atoms with Crippen molar-refractivity contribution in [2.75, 3.05) is 7.05 Å². The molecule has 0 aliphatic carbocycles. The molecule has 4 rings (SSSR count). The lowest BCUT2D eigenvalue weighted by atomic mass is 9.92. The lowest BCUT2D eigenvalue weighted by Gasteiger charge is -2.38. The molecule has 1 aromatic carbocycles. The second-order valence-corrected chi connectivity index (χ2v) is 7.86. The van der Waals surface area contributed by atoms with Gasteiger partial charge in [0.15, 0.2) is 0 Å². The molecule has 2 fully saturated rings. The summed E-state index contributed by atoms with van der Waals surface area (Å²) in [6.45, 7) is 1.56. The summed E-state index contributed by atoms with van der Waals surface area (Å²) in [5.74, 6) is 0.0915. The molecule has 3 heterocycles. The van der Waals surface area contributed by atoms with E-state index < -0.39 is 0 Å². The van der Waals surface area contributed by atoms with Crippen LogP contribution in [0.4, 0.5) is 0 Å². The molecule has 146 valence electrons. The van der Waals surface area contributed by atoms with Gasteiger partial charge in [-0.1, -0.05) is 24.3 Å². The number of carbonyl (C=O) groups is 2. The molecule has 0 radical (unpaired) electrons. The second-order valence-electron chi connectivity index (χ2n) is 7.86. The van der Waals surface area contributed by atoms with Gasteiger partial charge < -0.3 is 15.1 Å². The zero-order valence-corrected chi connectivity index (χ0v) is 16.7. The number of benzene rings is 1. The molecule has 6 heteroatoms. The summed E-state index contributed by atoms with van der Waals surface area (Å²) < 4.78 is 0. The molecule has 0 saturated carbocycles. The fourth-order valence-corrected chi connectivity index (χ4v) is 4.77. The van der Waals surface area contributed by atoms with Crippen LogP contribution in [0.25, 0.3) is 6.08 Å². The molecule has 0 spiro atoms. The van der Waals surface area contributed by atoms with Gasteiger partial charge in [-0.2, -0.15) is 0 Å². The predicted molar refractivity (Wildman–Crippen MR) is 108 cm³/mol. The maximum Gasteiger partial charge on any atom is 0.225 e. The van der Waals surface area contributed by atoms with Crippen molar-refractivity contribution in [3.8, 4) is 0 Å². The van der Waals surface area contributed by atoms with E-state index in [0.29, 0.717) is 24.5 Å². The molecular weight excluding hydrogens is 362 g/mol. The third-order valence-electron chi connectivity index (χ3n) is 6.23. The Hall–Kier alpha value is -1.85. The Balaban J connectivity index is 0.00000210. The Morgan fingerprint density at radius 3 is 2.52 bits per heavy atom. The van der Waals surface area contributed by atoms with Crippen LogP contribution < -0.4 is 5.32 Å². The summed E-state index contributed by atoms with van der Waals surface area (Å²) >= 11 is 0. The van der Waals surface area contributed by atoms with Gasteiger partial charge in [-0.05, 0) is 42.9 Å². The van der Waals surface area contributed by atoms with Crippen LogP contribution in [0, 0.1) is 0 Å². The van der Waals surface area contributed by atoms with Crippen LogP contribution in [0.5, 0.6) is 0 Å². The molecule has 3 aliphatic rings. The number of halogens is 1. The van der Waals surface area contributed by atoms with E-state index >= 15 is 0 Å². The smallest absolute Gasteiger partial charge is 0.225 e. The molecule has 2 bridgehead atoms. The molecule has 3 aliphatic heterocycles. The number of rotatable bonds is 3. The fourth-order valence-electron chi connectivity index (χ4n) is 4.77. The Morgan fingerprint density at radius 2 is 1.85 bits per heavy atom. The molecular formula is C21H28ClN3O2. The lowest BCUT2D eigenvalue weighted by Crippen LogP contribution is -2.49. The van der Waals surface area contributed by atoms with E-state index in [0.717, 1.165) is 24.0 Å². The number of amides is 2. The maximum absolute atomic E-state index is 13.1. The minimum absolute atomic E-state index is 0. The van der Waals surface area contributed by atoms with Gasteiger partial charge in [0, 0.05) is 38.3 Å². The van der Waals surface area contributed by atoms with Crippen molar-refractivity contribution < 1.29 is 9.59 Å². The molecule has 27 heavy (non-hydrogen) atoms. The molecule has 3 unspecified atom stereocenters. The van der Waals surface area contributed by atoms with Gasteiger partial charge in [-0.25, -0.2) is 0 Å². The summed E-state index contributed by atoms with van der Waals surface area (Å²) in [4.78, 5) is 28.8. The maximum atomic E-state index is 13.1. The Labute approximate surface area is 167 Å². The van der Waals surface area contributed by atoms with Crippen molar-refractivity contribution in [1.82, 2.24) is 15.1 Å². The van der Waals surface area contributed by atoms with E-state index in [1.165, 1.54) is 12.8 Å². The highest BCUT2D eigenvalue weighted by Gasteiger charge is 2.37. The number of hydrogen-bond donors (Lipinski definition) is 1. The molecule has 3 atom stereocenters. The first kappa shape index (κ1) is 19.9. The highest BCUT2D eigenvalue weighted by molar-refractivity contribution is 5.85. The summed E-state index contributed by atoms with van der Waals surface area (Å²) in [5, 5.41) is 3.63. The van der Waals surface area contributed by atoms with Crippen LogP contribution in [0.15, 0.2) is 30.5 Å². The van der Waals surface area contributed by atoms with Crippen molar-refractivity contribution in [2.24, 2.45) is 0 Å². The number of hydrogen-bond acceptors (Lipinski definition) is 3. The number of piperidine rings is 1. The first-order valence-corrected chi connectivity index (χ1v) is 9.60. The Bertz CT molecular complexity index is 739. The zero-order chi connectivity index (χ0) is 18.3. The third-order valence-corrected chi connectivity index (χ3v) is 6.23. The van der Waals surface area contributed by atoms with Crippen molar-refractivity contribution >= 4 is 30.3 Å². The van der Waals surface area contributed by atoms with Gasteiger partial charge in [-0.15, -0.1) is 12.4 Å². The van der Waals surface area contributed by atoms with E-state index in [2.05, 4.69) is 5.32 Å². The van der Waals surface area contributed by atoms with Crippen LogP contribution >= 0.6 is 12.4 Å². The lowest BCUT2D eigenvalue weighted by molar-refractivity contribution is -0.135. The van der Waals surface area contributed by atoms with E-state index in [9.17, 15) is 9.59 Å². The summed E-state index contributed by atoms with van der Waals surface area (Å²) in [6.07, 6.45) is 8.62. The topological polar surface area (TPSA) is 52.7 Å². The molecule has 2 amide bonds. The van der Waals surface area contributed by atoms with Gasteiger partial charge in [0.05, 0.1) is 12.5 Å². The number of nitrogens with one attached hydrogen (secondary N) is 1. The van der Waals surface area contributed by atoms with Gasteiger partial charge in [0.2, 0.25) is 11.8 Å². The largest absolute Gasteiger partial charge is 0.343 e. The average Bonchev–Trinajstić information content (AvgIpc) is 2.98. The molecule has 1 aromatic rings. The van der Waals surface area contributed by atoms with Gasteiger partial charge in [0.1, 0.15) is 0 Å². The van der Waals surface area contributed by atoms with Crippen LogP contribution in [0.3, 0.4) is 0 Å². The minimum Gasteiger partial charge on any atom is -0.343 e. The highest BCUT2D eigenvalue weighted by Crippen LogP contribution is 2.34. The zero-order valence-electron chi connectivity index (χ0n) is 15.9. The normalized spacial score (nSPS) is 28.3. The quantitative estimate of drug-likeness (QED) is 0.864. The standard InChI is InChI=1S/C21H27N3O2.ClH/c1-14(25)24-10-9-15-5-3-4-6-19(15)20(24)13-21(26)23(2)18-11-16-7-8-17(12-18)22-16;/h3-6,9-10,16-18,20,22H,7-8,11-13H2,1-2H3;1H. The van der Waals surface area contributed by atoms with Gasteiger partial charge in [-0.3, -0.25) is 9.59 Å². The first-order valence-electron chi connectivity index (χ1n) is 9.60. The van der Waals surface area contributed by atoms with Crippen molar-refractivity contribution in [3.63, 3.8) is 0 Å². The van der Waals surface area contributed by atoms with Crippen molar-refractivity contribution in [2.45, 2.75) is 63.2 Å². The van der Waals surface area contributed by atoms with E-state index in [1.54, 1.807) is 11.8 Å². The minimum atomic E-state index is -0.220. The summed E-state index contributed by atoms with van der Waals surface area (Å²) in [6, 6.07) is 9.22. The summed E-state index contributed by atoms with van der Waals surface area (Å²) in [7, 11) is 1.93. The monoisotopic (exact) mass is 389 g/mol. The van der Waals surface area contributed by atoms with Crippen LogP contribution in [0.1, 0.15) is 56.2 Å². The van der Waals surface area contributed by atoms with E-state index in [1.807, 2.05) is 48.5 Å². The van der Waals surface area contributed by atoms with Crippen LogP contribution in [-0.4, -0.2) is 46.8 Å². The van der Waals surface area contributed by atoms with Crippen molar-refractivity contribution in [1.29, 1.82) is 0 Å². The second kappa shape index (κ2) is 8.03. The first-order chi connectivity index (χ1) is 12.5. The fraction of sp³-hybridized carbons (Fsp3) is 0.524. The van der Waals surface area contributed by atoms with Gasteiger partial charge in [0.25, 0.3) is 0 Å². The average molecular weight is 390 g/mol. The number of fused-ring (bicyclic) bond motifs is 3. The van der Waals surface area contributed by atoms with E-state index in [4.69, 9.17) is 0 Å². The molecule has 0 aromatic heterocycles. The highest BCUT2D eigenvalue weighted by atomic mass is 35.5. The summed E-state index contributed by atoms with van der Waals surface area (Å²) in [5.41, 5.74) is 2.14. The van der Waals surface area contributed by atoms with Crippen LogP contribution in [0.2, 0.25) is 0 Å². The van der Waals surface area contributed by atoms with Gasteiger partial charge >= 0.3 is 0 Å². The van der Waals surface area contributed by atoms with E-state index in [-0.39, 0.29) is 30.3 Å². The Morgan fingerprint density at radius 1 is 1.19 bits per heavy atom. The number of nitrogens with zero attached hydrogens (tertiary/aromatic N) is 2. The molecule has 5 nitrogen and oxygen atoms in total. The number of carbonyl (C=O) groups excluding carboxylic acids is 2.